The maximum atomic E-state index is 13.2. The van der Waals surface area contributed by atoms with E-state index in [0.717, 1.165) is 40.2 Å². The molecule has 2 heterocycles. The van der Waals surface area contributed by atoms with Crippen LogP contribution in [0.25, 0.3) is 17.5 Å². The SMILES string of the molecule is N#CC1=C(N)n2c(s/c(=C\c3ccc(O)c([N+](=O)[O-])c3)c2=O)=C(C#N)C1c1ccc(O)c([N+](=O)[O-])c1. The molecule has 13 nitrogen and oxygen atoms in total. The van der Waals surface area contributed by atoms with Crippen molar-refractivity contribution >= 4 is 40.2 Å². The number of aromatic nitrogens is 1. The van der Waals surface area contributed by atoms with E-state index in [2.05, 4.69) is 0 Å². The van der Waals surface area contributed by atoms with Gasteiger partial charge in [-0.1, -0.05) is 12.1 Å². The van der Waals surface area contributed by atoms with Crippen molar-refractivity contribution in [2.45, 2.75) is 5.92 Å². The standard InChI is InChI=1S/C22H12N6O7S/c23-8-12-19(11-2-4-17(30)15(7-11)28(34)35)13(9-24)22-26(20(12)25)21(31)18(36-22)6-10-1-3-16(29)14(5-10)27(32)33/h1-7,19,29-30H,25H2/b18-6-. The highest BCUT2D eigenvalue weighted by atomic mass is 32.1. The third-order valence-corrected chi connectivity index (χ3v) is 6.52. The predicted octanol–water partition coefficient (Wildman–Crippen LogP) is 1.09. The lowest BCUT2D eigenvalue weighted by molar-refractivity contribution is -0.386. The smallest absolute Gasteiger partial charge is 0.311 e. The second-order valence-corrected chi connectivity index (χ2v) is 8.47. The summed E-state index contributed by atoms with van der Waals surface area (Å²) in [7, 11) is 0. The van der Waals surface area contributed by atoms with Gasteiger partial charge in [0, 0.05) is 12.1 Å². The lowest BCUT2D eigenvalue weighted by Crippen LogP contribution is -2.38. The number of nitro benzene ring substituents is 2. The number of thiazole rings is 1. The Morgan fingerprint density at radius 1 is 1.00 bits per heavy atom. The van der Waals surface area contributed by atoms with E-state index in [0.29, 0.717) is 0 Å². The average Bonchev–Trinajstić information content (AvgIpc) is 3.16. The molecule has 14 heteroatoms. The summed E-state index contributed by atoms with van der Waals surface area (Å²) in [5.41, 5.74) is 4.29. The Bertz CT molecular complexity index is 1790. The molecule has 0 amide bonds. The molecule has 0 spiro atoms. The third kappa shape index (κ3) is 3.69. The van der Waals surface area contributed by atoms with E-state index in [4.69, 9.17) is 5.73 Å². The van der Waals surface area contributed by atoms with Crippen LogP contribution in [0.1, 0.15) is 17.0 Å². The Morgan fingerprint density at radius 2 is 1.58 bits per heavy atom. The quantitative estimate of drug-likeness (QED) is 0.339. The number of rotatable bonds is 4. The van der Waals surface area contributed by atoms with Crippen molar-refractivity contribution in [3.8, 4) is 23.6 Å². The van der Waals surface area contributed by atoms with Gasteiger partial charge < -0.3 is 15.9 Å². The van der Waals surface area contributed by atoms with E-state index < -0.39 is 44.2 Å². The van der Waals surface area contributed by atoms with Gasteiger partial charge in [-0.3, -0.25) is 29.6 Å². The van der Waals surface area contributed by atoms with Gasteiger partial charge in [0.2, 0.25) is 0 Å². The van der Waals surface area contributed by atoms with E-state index in [1.165, 1.54) is 18.2 Å². The second-order valence-electron chi connectivity index (χ2n) is 7.44. The number of benzene rings is 2. The fourth-order valence-corrected chi connectivity index (χ4v) is 4.91. The Balaban J connectivity index is 2.03. The zero-order valence-electron chi connectivity index (χ0n) is 17.8. The minimum Gasteiger partial charge on any atom is -0.502 e. The lowest BCUT2D eigenvalue weighted by atomic mass is 9.84. The second kappa shape index (κ2) is 8.71. The van der Waals surface area contributed by atoms with Crippen molar-refractivity contribution in [2.24, 2.45) is 5.73 Å². The van der Waals surface area contributed by atoms with Crippen molar-refractivity contribution in [2.75, 3.05) is 0 Å². The largest absolute Gasteiger partial charge is 0.502 e. The van der Waals surface area contributed by atoms with Gasteiger partial charge in [0.05, 0.1) is 43.6 Å². The Morgan fingerprint density at radius 3 is 2.17 bits per heavy atom. The molecule has 0 saturated carbocycles. The molecule has 178 valence electrons. The summed E-state index contributed by atoms with van der Waals surface area (Å²) in [5, 5.41) is 61.6. The minimum atomic E-state index is -1.15. The number of allylic oxidation sites excluding steroid dienone is 1. The number of phenols is 2. The van der Waals surface area contributed by atoms with Crippen LogP contribution in [0.3, 0.4) is 0 Å². The first kappa shape index (κ1) is 23.7. The number of hydrogen-bond acceptors (Lipinski definition) is 11. The normalized spacial score (nSPS) is 15.2. The number of hydrogen-bond donors (Lipinski definition) is 3. The molecule has 4 rings (SSSR count). The average molecular weight is 504 g/mol. The monoisotopic (exact) mass is 504 g/mol. The molecule has 4 N–H and O–H groups in total. The molecule has 36 heavy (non-hydrogen) atoms. The minimum absolute atomic E-state index is 0.0234. The van der Waals surface area contributed by atoms with Crippen LogP contribution in [0, 0.1) is 42.9 Å². The number of nitro groups is 2. The zero-order chi connectivity index (χ0) is 26.3. The van der Waals surface area contributed by atoms with Crippen LogP contribution in [-0.2, 0) is 0 Å². The summed E-state index contributed by atoms with van der Waals surface area (Å²) in [6, 6.07) is 10.7. The summed E-state index contributed by atoms with van der Waals surface area (Å²) in [6.45, 7) is 0. The number of nitriles is 2. The van der Waals surface area contributed by atoms with Gasteiger partial charge >= 0.3 is 11.4 Å². The molecule has 0 radical (unpaired) electrons. The lowest BCUT2D eigenvalue weighted by Gasteiger charge is -2.22. The van der Waals surface area contributed by atoms with Crippen LogP contribution in [0.5, 0.6) is 11.5 Å². The van der Waals surface area contributed by atoms with E-state index in [-0.39, 0.29) is 37.3 Å². The first-order valence-corrected chi connectivity index (χ1v) is 10.6. The van der Waals surface area contributed by atoms with Crippen molar-refractivity contribution in [3.63, 3.8) is 0 Å². The van der Waals surface area contributed by atoms with Crippen molar-refractivity contribution in [3.05, 3.63) is 92.9 Å². The van der Waals surface area contributed by atoms with Gasteiger partial charge in [-0.2, -0.15) is 10.5 Å². The first-order chi connectivity index (χ1) is 17.1. The van der Waals surface area contributed by atoms with Gasteiger partial charge in [0.15, 0.2) is 11.5 Å². The Labute approximate surface area is 203 Å². The Kier molecular flexibility index (Phi) is 5.73. The molecular formula is C22H12N6O7S. The summed E-state index contributed by atoms with van der Waals surface area (Å²) >= 11 is 0.832. The fourth-order valence-electron chi connectivity index (χ4n) is 3.78. The fraction of sp³-hybridized carbons (Fsp3) is 0.0455. The molecule has 3 aromatic rings. The van der Waals surface area contributed by atoms with Crippen LogP contribution >= 0.6 is 11.3 Å². The number of aromatic hydroxyl groups is 2. The summed E-state index contributed by atoms with van der Waals surface area (Å²) in [4.78, 5) is 34.0. The maximum Gasteiger partial charge on any atom is 0.311 e. The van der Waals surface area contributed by atoms with E-state index >= 15 is 0 Å². The maximum absolute atomic E-state index is 13.2. The highest BCUT2D eigenvalue weighted by molar-refractivity contribution is 7.07. The van der Waals surface area contributed by atoms with Crippen LogP contribution < -0.4 is 20.5 Å². The highest BCUT2D eigenvalue weighted by Crippen LogP contribution is 2.39. The molecular weight excluding hydrogens is 492 g/mol. The third-order valence-electron chi connectivity index (χ3n) is 5.41. The van der Waals surface area contributed by atoms with Crippen LogP contribution in [0.2, 0.25) is 0 Å². The van der Waals surface area contributed by atoms with Crippen LogP contribution in [-0.4, -0.2) is 24.6 Å². The zero-order valence-corrected chi connectivity index (χ0v) is 18.6. The molecule has 1 aliphatic heterocycles. The number of fused-ring (bicyclic) bond motifs is 1. The molecule has 0 aliphatic carbocycles. The van der Waals surface area contributed by atoms with Crippen molar-refractivity contribution in [1.29, 1.82) is 10.5 Å². The van der Waals surface area contributed by atoms with Gasteiger partial charge in [-0.05, 0) is 29.3 Å². The summed E-state index contributed by atoms with van der Waals surface area (Å²) < 4.78 is 1.06. The molecule has 0 fully saturated rings. The molecule has 2 aromatic carbocycles. The number of phenolic OH excluding ortho intramolecular Hbond substituents is 2. The summed E-state index contributed by atoms with van der Waals surface area (Å²) in [6.07, 6.45) is 1.31. The summed E-state index contributed by atoms with van der Waals surface area (Å²) in [5.74, 6) is -2.61. The topological polar surface area (TPSA) is 222 Å². The van der Waals surface area contributed by atoms with Gasteiger partial charge in [-0.15, -0.1) is 11.3 Å². The molecule has 1 atom stereocenters. The van der Waals surface area contributed by atoms with Gasteiger partial charge in [0.1, 0.15) is 10.5 Å². The van der Waals surface area contributed by atoms with Crippen molar-refractivity contribution in [1.82, 2.24) is 4.57 Å². The predicted molar refractivity (Wildman–Crippen MR) is 126 cm³/mol. The molecule has 1 aromatic heterocycles. The number of nitrogens with two attached hydrogens (primary N) is 1. The van der Waals surface area contributed by atoms with E-state index in [1.54, 1.807) is 0 Å². The highest BCUT2D eigenvalue weighted by Gasteiger charge is 2.33. The van der Waals surface area contributed by atoms with Crippen molar-refractivity contribution < 1.29 is 20.1 Å². The number of nitrogens with zero attached hydrogens (tertiary/aromatic N) is 5. The van der Waals surface area contributed by atoms with Crippen LogP contribution in [0.4, 0.5) is 11.4 Å². The Hall–Kier alpha value is -5.47. The van der Waals surface area contributed by atoms with Crippen LogP contribution in [0.15, 0.2) is 46.8 Å². The molecule has 1 aliphatic rings. The van der Waals surface area contributed by atoms with E-state index in [9.17, 15) is 45.8 Å². The van der Waals surface area contributed by atoms with E-state index in [1.807, 2.05) is 12.1 Å². The molecule has 0 saturated heterocycles. The first-order valence-electron chi connectivity index (χ1n) is 9.81. The molecule has 1 unspecified atom stereocenters. The van der Waals surface area contributed by atoms with Gasteiger partial charge in [0.25, 0.3) is 5.56 Å². The molecule has 0 bridgehead atoms. The van der Waals surface area contributed by atoms with Gasteiger partial charge in [-0.25, -0.2) is 0 Å².